The molecule has 0 aliphatic carbocycles. The molecule has 1 aromatic rings. The molecule has 152 valence electrons. The van der Waals surface area contributed by atoms with Gasteiger partial charge in [0.15, 0.2) is 0 Å². The average molecular weight is 385 g/mol. The van der Waals surface area contributed by atoms with E-state index in [1.807, 2.05) is 17.0 Å². The number of piperidine rings is 2. The van der Waals surface area contributed by atoms with E-state index in [0.717, 1.165) is 83.4 Å². The first-order valence-electron chi connectivity index (χ1n) is 10.9. The lowest BCUT2D eigenvalue weighted by atomic mass is 9.92. The minimum Gasteiger partial charge on any atom is -0.342 e. The zero-order chi connectivity index (χ0) is 19.3. The lowest BCUT2D eigenvalue weighted by Crippen LogP contribution is -2.52. The number of amides is 2. The fourth-order valence-corrected chi connectivity index (χ4v) is 5.00. The Morgan fingerprint density at radius 2 is 1.75 bits per heavy atom. The molecule has 4 rings (SSSR count). The van der Waals surface area contributed by atoms with E-state index in [9.17, 15) is 9.59 Å². The Hall–Kier alpha value is -1.95. The highest BCUT2D eigenvalue weighted by Crippen LogP contribution is 2.26. The van der Waals surface area contributed by atoms with Crippen molar-refractivity contribution in [3.05, 3.63) is 30.1 Å². The van der Waals surface area contributed by atoms with E-state index < -0.39 is 0 Å². The maximum absolute atomic E-state index is 12.8. The van der Waals surface area contributed by atoms with E-state index >= 15 is 0 Å². The molecule has 6 nitrogen and oxygen atoms in total. The van der Waals surface area contributed by atoms with Gasteiger partial charge in [-0.15, -0.1) is 0 Å². The highest BCUT2D eigenvalue weighted by molar-refractivity contribution is 5.79. The van der Waals surface area contributed by atoms with E-state index in [2.05, 4.69) is 14.8 Å². The van der Waals surface area contributed by atoms with Crippen molar-refractivity contribution in [3.8, 4) is 0 Å². The van der Waals surface area contributed by atoms with Gasteiger partial charge in [0.2, 0.25) is 11.8 Å². The molecule has 0 saturated carbocycles. The number of nitrogens with zero attached hydrogens (tertiary/aromatic N) is 4. The summed E-state index contributed by atoms with van der Waals surface area (Å²) < 4.78 is 0. The van der Waals surface area contributed by atoms with Crippen molar-refractivity contribution < 1.29 is 9.59 Å². The van der Waals surface area contributed by atoms with Crippen LogP contribution in [-0.2, 0) is 16.0 Å². The van der Waals surface area contributed by atoms with E-state index in [1.165, 1.54) is 0 Å². The lowest BCUT2D eigenvalue weighted by Gasteiger charge is -2.42. The van der Waals surface area contributed by atoms with Gasteiger partial charge >= 0.3 is 0 Å². The van der Waals surface area contributed by atoms with Gasteiger partial charge in [-0.2, -0.15) is 0 Å². The molecule has 0 spiro atoms. The van der Waals surface area contributed by atoms with Crippen LogP contribution in [0.25, 0.3) is 0 Å². The first-order valence-corrected chi connectivity index (χ1v) is 10.9. The van der Waals surface area contributed by atoms with Crippen molar-refractivity contribution in [2.45, 2.75) is 51.0 Å². The van der Waals surface area contributed by atoms with Crippen molar-refractivity contribution in [1.29, 1.82) is 0 Å². The zero-order valence-electron chi connectivity index (χ0n) is 16.8. The fraction of sp³-hybridized carbons (Fsp3) is 0.682. The third kappa shape index (κ3) is 4.54. The summed E-state index contributed by atoms with van der Waals surface area (Å²) in [6, 6.07) is 4.35. The summed E-state index contributed by atoms with van der Waals surface area (Å²) >= 11 is 0. The Balaban J connectivity index is 1.26. The van der Waals surface area contributed by atoms with Crippen LogP contribution < -0.4 is 0 Å². The van der Waals surface area contributed by atoms with Crippen LogP contribution >= 0.6 is 0 Å². The maximum atomic E-state index is 12.8. The topological polar surface area (TPSA) is 56.8 Å². The van der Waals surface area contributed by atoms with Gasteiger partial charge in [0.05, 0.1) is 12.3 Å². The highest BCUT2D eigenvalue weighted by atomic mass is 16.2. The number of hydrogen-bond acceptors (Lipinski definition) is 4. The molecular weight excluding hydrogens is 352 g/mol. The largest absolute Gasteiger partial charge is 0.342 e. The molecule has 0 unspecified atom stereocenters. The molecule has 1 aromatic heterocycles. The van der Waals surface area contributed by atoms with Gasteiger partial charge in [-0.05, 0) is 56.7 Å². The van der Waals surface area contributed by atoms with Gasteiger partial charge < -0.3 is 9.80 Å². The van der Waals surface area contributed by atoms with Gasteiger partial charge in [-0.1, -0.05) is 6.07 Å². The summed E-state index contributed by atoms with van der Waals surface area (Å²) in [7, 11) is 0. The minimum atomic E-state index is 0.178. The van der Waals surface area contributed by atoms with Gasteiger partial charge in [-0.3, -0.25) is 19.5 Å². The smallest absolute Gasteiger partial charge is 0.227 e. The molecule has 6 heteroatoms. The minimum absolute atomic E-state index is 0.178. The van der Waals surface area contributed by atoms with Gasteiger partial charge in [-0.25, -0.2) is 0 Å². The van der Waals surface area contributed by atoms with E-state index in [4.69, 9.17) is 0 Å². The molecule has 28 heavy (non-hydrogen) atoms. The fourth-order valence-electron chi connectivity index (χ4n) is 5.00. The summed E-state index contributed by atoms with van der Waals surface area (Å²) in [5.41, 5.74) is 0.980. The standard InChI is InChI=1S/C22H32N4O2/c27-21(15-18-5-3-9-23-16-18)24-13-7-20(8-14-24)26-12-4-6-19(17-26)22(28)25-10-1-2-11-25/h3,5,9,16,19-20H,1-2,4,6-8,10-15,17H2/t19-/m1/s1. The second-order valence-electron chi connectivity index (χ2n) is 8.52. The number of aromatic nitrogens is 1. The Kier molecular flexibility index (Phi) is 6.25. The number of hydrogen-bond donors (Lipinski definition) is 0. The molecule has 1 atom stereocenters. The summed E-state index contributed by atoms with van der Waals surface area (Å²) in [4.78, 5) is 36.1. The average Bonchev–Trinajstić information content (AvgIpc) is 3.29. The summed E-state index contributed by atoms with van der Waals surface area (Å²) in [5.74, 6) is 0.760. The first-order chi connectivity index (χ1) is 13.7. The molecule has 0 radical (unpaired) electrons. The molecule has 3 aliphatic heterocycles. The highest BCUT2D eigenvalue weighted by Gasteiger charge is 2.34. The Morgan fingerprint density at radius 3 is 2.46 bits per heavy atom. The van der Waals surface area contributed by atoms with Gasteiger partial charge in [0, 0.05) is 51.2 Å². The summed E-state index contributed by atoms with van der Waals surface area (Å²) in [6.07, 6.45) is 10.5. The second kappa shape index (κ2) is 9.03. The number of pyridine rings is 1. The number of likely N-dealkylation sites (tertiary alicyclic amines) is 3. The van der Waals surface area contributed by atoms with Crippen molar-refractivity contribution in [2.75, 3.05) is 39.3 Å². The molecule has 0 N–H and O–H groups in total. The van der Waals surface area contributed by atoms with Crippen LogP contribution in [0.2, 0.25) is 0 Å². The van der Waals surface area contributed by atoms with Crippen LogP contribution in [0, 0.1) is 5.92 Å². The molecule has 3 aliphatic rings. The summed E-state index contributed by atoms with van der Waals surface area (Å²) in [6.45, 7) is 5.55. The summed E-state index contributed by atoms with van der Waals surface area (Å²) in [5, 5.41) is 0. The van der Waals surface area contributed by atoms with Crippen molar-refractivity contribution in [2.24, 2.45) is 5.92 Å². The SMILES string of the molecule is O=C(Cc1cccnc1)N1CCC(N2CCC[C@@H](C(=O)N3CCCC3)C2)CC1. The van der Waals surface area contributed by atoms with Crippen LogP contribution in [0.4, 0.5) is 0 Å². The van der Waals surface area contributed by atoms with Crippen molar-refractivity contribution in [3.63, 3.8) is 0 Å². The Morgan fingerprint density at radius 1 is 0.964 bits per heavy atom. The third-order valence-electron chi connectivity index (χ3n) is 6.63. The molecule has 2 amide bonds. The molecule has 4 heterocycles. The second-order valence-corrected chi connectivity index (χ2v) is 8.52. The predicted molar refractivity (Wildman–Crippen MR) is 108 cm³/mol. The first kappa shape index (κ1) is 19.4. The molecular formula is C22H32N4O2. The molecule has 0 aromatic carbocycles. The van der Waals surface area contributed by atoms with Crippen LogP contribution in [0.15, 0.2) is 24.5 Å². The molecule has 0 bridgehead atoms. The zero-order valence-corrected chi connectivity index (χ0v) is 16.8. The van der Waals surface area contributed by atoms with E-state index in [1.54, 1.807) is 12.4 Å². The van der Waals surface area contributed by atoms with E-state index in [-0.39, 0.29) is 11.8 Å². The lowest BCUT2D eigenvalue weighted by molar-refractivity contribution is -0.136. The monoisotopic (exact) mass is 384 g/mol. The molecule has 3 saturated heterocycles. The van der Waals surface area contributed by atoms with Crippen LogP contribution in [0.3, 0.4) is 0 Å². The predicted octanol–water partition coefficient (Wildman–Crippen LogP) is 1.95. The quantitative estimate of drug-likeness (QED) is 0.796. The van der Waals surface area contributed by atoms with Crippen LogP contribution in [-0.4, -0.2) is 76.8 Å². The Bertz CT molecular complexity index is 666. The third-order valence-corrected chi connectivity index (χ3v) is 6.63. The van der Waals surface area contributed by atoms with Gasteiger partial charge in [0.1, 0.15) is 0 Å². The Labute approximate surface area is 167 Å². The maximum Gasteiger partial charge on any atom is 0.227 e. The number of rotatable bonds is 4. The van der Waals surface area contributed by atoms with Crippen molar-refractivity contribution >= 4 is 11.8 Å². The van der Waals surface area contributed by atoms with Crippen LogP contribution in [0.1, 0.15) is 44.1 Å². The normalized spacial score (nSPS) is 24.5. The van der Waals surface area contributed by atoms with Crippen molar-refractivity contribution in [1.82, 2.24) is 19.7 Å². The van der Waals surface area contributed by atoms with E-state index in [0.29, 0.717) is 18.4 Å². The number of carbonyl (C=O) groups excluding carboxylic acids is 2. The molecule has 3 fully saturated rings. The van der Waals surface area contributed by atoms with Crippen LogP contribution in [0.5, 0.6) is 0 Å². The van der Waals surface area contributed by atoms with Gasteiger partial charge in [0.25, 0.3) is 0 Å². The number of carbonyl (C=O) groups is 2.